The average Bonchev–Trinajstić information content (AvgIpc) is 3.33. The van der Waals surface area contributed by atoms with Crippen molar-refractivity contribution in [2.24, 2.45) is 0 Å². The highest BCUT2D eigenvalue weighted by Crippen LogP contribution is 2.26. The van der Waals surface area contributed by atoms with Crippen molar-refractivity contribution in [1.29, 1.82) is 0 Å². The third-order valence-corrected chi connectivity index (χ3v) is 7.30. The van der Waals surface area contributed by atoms with Crippen molar-refractivity contribution in [2.45, 2.75) is 35.6 Å². The second kappa shape index (κ2) is 6.60. The lowest BCUT2D eigenvalue weighted by Crippen LogP contribution is -2.25. The molecule has 0 radical (unpaired) electrons. The molecule has 0 saturated heterocycles. The van der Waals surface area contributed by atoms with Gasteiger partial charge in [-0.05, 0) is 61.7 Å². The number of halogens is 1. The highest BCUT2D eigenvalue weighted by atomic mass is 35.5. The van der Waals surface area contributed by atoms with Crippen LogP contribution in [0.2, 0.25) is 5.02 Å². The highest BCUT2D eigenvalue weighted by Gasteiger charge is 2.28. The first-order valence-corrected chi connectivity index (χ1v) is 10.9. The Morgan fingerprint density at radius 2 is 1.60 bits per heavy atom. The molecule has 1 aliphatic carbocycles. The standard InChI is InChI=1S/C16H17ClN2O4S2/c1-11-15(17)3-2-4-16(11)25(22,23)19-13-7-9-14(10-8-13)24(20,21)18-12-5-6-12/h2-4,7-10,12,18-19H,5-6H2,1H3. The van der Waals surface area contributed by atoms with Gasteiger partial charge in [-0.2, -0.15) is 0 Å². The lowest BCUT2D eigenvalue weighted by Gasteiger charge is -2.12. The number of rotatable bonds is 6. The van der Waals surface area contributed by atoms with Gasteiger partial charge in [0.1, 0.15) is 0 Å². The molecule has 2 aromatic rings. The zero-order valence-corrected chi connectivity index (χ0v) is 15.7. The van der Waals surface area contributed by atoms with E-state index in [-0.39, 0.29) is 21.5 Å². The Labute approximate surface area is 152 Å². The number of nitrogens with one attached hydrogen (secondary N) is 2. The molecule has 2 aromatic carbocycles. The van der Waals surface area contributed by atoms with Crippen LogP contribution in [0.25, 0.3) is 0 Å². The first-order chi connectivity index (χ1) is 11.7. The third-order valence-electron chi connectivity index (χ3n) is 3.82. The minimum absolute atomic E-state index is 0.00832. The Morgan fingerprint density at radius 3 is 2.20 bits per heavy atom. The highest BCUT2D eigenvalue weighted by molar-refractivity contribution is 7.92. The van der Waals surface area contributed by atoms with Crippen molar-refractivity contribution in [3.8, 4) is 0 Å². The molecule has 0 atom stereocenters. The van der Waals surface area contributed by atoms with Crippen LogP contribution < -0.4 is 9.44 Å². The van der Waals surface area contributed by atoms with Gasteiger partial charge in [0.2, 0.25) is 10.0 Å². The van der Waals surface area contributed by atoms with Crippen LogP contribution in [-0.2, 0) is 20.0 Å². The van der Waals surface area contributed by atoms with E-state index >= 15 is 0 Å². The molecule has 134 valence electrons. The van der Waals surface area contributed by atoms with Gasteiger partial charge in [0.15, 0.2) is 0 Å². The van der Waals surface area contributed by atoms with Gasteiger partial charge in [0.05, 0.1) is 9.79 Å². The van der Waals surface area contributed by atoms with Crippen molar-refractivity contribution in [2.75, 3.05) is 4.72 Å². The SMILES string of the molecule is Cc1c(Cl)cccc1S(=O)(=O)Nc1ccc(S(=O)(=O)NC2CC2)cc1. The fraction of sp³-hybridized carbons (Fsp3) is 0.250. The average molecular weight is 401 g/mol. The number of hydrogen-bond acceptors (Lipinski definition) is 4. The molecule has 0 aromatic heterocycles. The maximum atomic E-state index is 12.5. The van der Waals surface area contributed by atoms with E-state index in [0.717, 1.165) is 12.8 Å². The van der Waals surface area contributed by atoms with Gasteiger partial charge in [0.25, 0.3) is 10.0 Å². The summed E-state index contributed by atoms with van der Waals surface area (Å²) in [6.07, 6.45) is 1.69. The Hall–Kier alpha value is -1.61. The molecule has 1 saturated carbocycles. The lowest BCUT2D eigenvalue weighted by molar-refractivity contribution is 0.581. The van der Waals surface area contributed by atoms with Gasteiger partial charge in [-0.25, -0.2) is 21.6 Å². The van der Waals surface area contributed by atoms with Gasteiger partial charge in [-0.3, -0.25) is 4.72 Å². The zero-order valence-electron chi connectivity index (χ0n) is 13.4. The molecule has 6 nitrogen and oxygen atoms in total. The molecule has 9 heteroatoms. The van der Waals surface area contributed by atoms with E-state index < -0.39 is 20.0 Å². The second-order valence-electron chi connectivity index (χ2n) is 5.89. The van der Waals surface area contributed by atoms with Crippen LogP contribution in [-0.4, -0.2) is 22.9 Å². The summed E-state index contributed by atoms with van der Waals surface area (Å²) in [5.41, 5.74) is 0.717. The molecule has 3 rings (SSSR count). The Bertz CT molecular complexity index is 999. The fourth-order valence-corrected chi connectivity index (χ4v) is 5.14. The first kappa shape index (κ1) is 18.2. The molecule has 2 N–H and O–H groups in total. The fourth-order valence-electron chi connectivity index (χ4n) is 2.28. The summed E-state index contributed by atoms with van der Waals surface area (Å²) in [5.74, 6) is 0. The summed E-state index contributed by atoms with van der Waals surface area (Å²) in [6, 6.07) is 10.2. The maximum Gasteiger partial charge on any atom is 0.262 e. The quantitative estimate of drug-likeness (QED) is 0.779. The lowest BCUT2D eigenvalue weighted by atomic mass is 10.2. The van der Waals surface area contributed by atoms with Crippen molar-refractivity contribution in [3.05, 3.63) is 53.1 Å². The summed E-state index contributed by atoms with van der Waals surface area (Å²) >= 11 is 5.97. The Kier molecular flexibility index (Phi) is 4.80. The molecule has 1 fully saturated rings. The first-order valence-electron chi connectivity index (χ1n) is 7.59. The second-order valence-corrected chi connectivity index (χ2v) is 9.66. The molecule has 0 aliphatic heterocycles. The zero-order chi connectivity index (χ0) is 18.2. The van der Waals surface area contributed by atoms with Crippen LogP contribution in [0.1, 0.15) is 18.4 Å². The summed E-state index contributed by atoms with van der Waals surface area (Å²) in [5, 5.41) is 0.357. The predicted octanol–water partition coefficient (Wildman–Crippen LogP) is 2.89. The molecule has 0 unspecified atom stereocenters. The van der Waals surface area contributed by atoms with Crippen LogP contribution in [0.4, 0.5) is 5.69 Å². The van der Waals surface area contributed by atoms with E-state index in [4.69, 9.17) is 11.6 Å². The van der Waals surface area contributed by atoms with Crippen molar-refractivity contribution >= 4 is 37.3 Å². The van der Waals surface area contributed by atoms with E-state index in [9.17, 15) is 16.8 Å². The molecule has 0 heterocycles. The number of hydrogen-bond donors (Lipinski definition) is 2. The van der Waals surface area contributed by atoms with Gasteiger partial charge in [0, 0.05) is 16.8 Å². The summed E-state index contributed by atoms with van der Waals surface area (Å²) < 4.78 is 54.3. The number of anilines is 1. The Morgan fingerprint density at radius 1 is 0.960 bits per heavy atom. The van der Waals surface area contributed by atoms with Crippen LogP contribution in [0, 0.1) is 6.92 Å². The van der Waals surface area contributed by atoms with Gasteiger partial charge >= 0.3 is 0 Å². The van der Waals surface area contributed by atoms with Crippen molar-refractivity contribution in [3.63, 3.8) is 0 Å². The molecule has 0 spiro atoms. The van der Waals surface area contributed by atoms with Crippen LogP contribution in [0.5, 0.6) is 0 Å². The molecular formula is C16H17ClN2O4S2. The van der Waals surface area contributed by atoms with E-state index in [1.165, 1.54) is 30.3 Å². The predicted molar refractivity (Wildman–Crippen MR) is 96.8 cm³/mol. The maximum absolute atomic E-state index is 12.5. The smallest absolute Gasteiger partial charge is 0.262 e. The summed E-state index contributed by atoms with van der Waals surface area (Å²) in [6.45, 7) is 1.62. The molecule has 0 bridgehead atoms. The minimum atomic E-state index is -3.82. The van der Waals surface area contributed by atoms with Crippen molar-refractivity contribution in [1.82, 2.24) is 4.72 Å². The Balaban J connectivity index is 1.82. The molecule has 1 aliphatic rings. The van der Waals surface area contributed by atoms with Gasteiger partial charge in [-0.15, -0.1) is 0 Å². The van der Waals surface area contributed by atoms with Gasteiger partial charge in [-0.1, -0.05) is 17.7 Å². The molecular weight excluding hydrogens is 384 g/mol. The van der Waals surface area contributed by atoms with E-state index in [1.54, 1.807) is 19.1 Å². The topological polar surface area (TPSA) is 92.3 Å². The van der Waals surface area contributed by atoms with Gasteiger partial charge < -0.3 is 0 Å². The molecule has 25 heavy (non-hydrogen) atoms. The number of sulfonamides is 2. The third kappa shape index (κ3) is 4.14. The van der Waals surface area contributed by atoms with E-state index in [0.29, 0.717) is 10.6 Å². The van der Waals surface area contributed by atoms with Crippen LogP contribution in [0.15, 0.2) is 52.3 Å². The largest absolute Gasteiger partial charge is 0.280 e. The van der Waals surface area contributed by atoms with Crippen LogP contribution >= 0.6 is 11.6 Å². The monoisotopic (exact) mass is 400 g/mol. The summed E-state index contributed by atoms with van der Waals surface area (Å²) in [4.78, 5) is 0.174. The number of benzene rings is 2. The summed E-state index contributed by atoms with van der Waals surface area (Å²) in [7, 11) is -7.39. The van der Waals surface area contributed by atoms with E-state index in [2.05, 4.69) is 9.44 Å². The minimum Gasteiger partial charge on any atom is -0.280 e. The van der Waals surface area contributed by atoms with Crippen molar-refractivity contribution < 1.29 is 16.8 Å². The molecule has 0 amide bonds. The van der Waals surface area contributed by atoms with Crippen LogP contribution in [0.3, 0.4) is 0 Å². The normalized spacial score (nSPS) is 15.1. The van der Waals surface area contributed by atoms with E-state index in [1.807, 2.05) is 0 Å².